The third-order valence-electron chi connectivity index (χ3n) is 3.26. The molecule has 112 valence electrons. The predicted molar refractivity (Wildman–Crippen MR) is 83.2 cm³/mol. The molecule has 0 atom stereocenters. The number of nitrogen functional groups attached to an aromatic ring is 1. The summed E-state index contributed by atoms with van der Waals surface area (Å²) in [5, 5.41) is 2.78. The summed E-state index contributed by atoms with van der Waals surface area (Å²) in [6, 6.07) is 7.88. The lowest BCUT2D eigenvalue weighted by Gasteiger charge is -2.05. The highest BCUT2D eigenvalue weighted by molar-refractivity contribution is 5.96. The van der Waals surface area contributed by atoms with Crippen LogP contribution in [0.3, 0.4) is 0 Å². The molecule has 1 amide bonds. The number of fused-ring (bicyclic) bond motifs is 1. The van der Waals surface area contributed by atoms with Crippen LogP contribution in [0.15, 0.2) is 36.7 Å². The summed E-state index contributed by atoms with van der Waals surface area (Å²) in [6.45, 7) is 0.520. The van der Waals surface area contributed by atoms with Gasteiger partial charge in [0.15, 0.2) is 11.5 Å². The van der Waals surface area contributed by atoms with Crippen molar-refractivity contribution in [2.24, 2.45) is 0 Å². The third kappa shape index (κ3) is 3.03. The number of carbonyl (C=O) groups excluding carboxylic acids is 1. The Bertz CT molecular complexity index is 764. The normalized spacial score (nSPS) is 10.7. The van der Waals surface area contributed by atoms with Crippen molar-refractivity contribution in [3.05, 3.63) is 48.2 Å². The molecular weight excluding hydrogens is 280 g/mol. The van der Waals surface area contributed by atoms with Crippen LogP contribution in [0, 0.1) is 0 Å². The fourth-order valence-corrected chi connectivity index (χ4v) is 2.19. The lowest BCUT2D eigenvalue weighted by molar-refractivity contribution is 0.0949. The Labute approximate surface area is 127 Å². The average molecular weight is 296 g/mol. The molecule has 0 unspecified atom stereocenters. The van der Waals surface area contributed by atoms with Crippen LogP contribution >= 0.6 is 0 Å². The number of imidazole rings is 1. The van der Waals surface area contributed by atoms with Crippen molar-refractivity contribution < 1.29 is 4.79 Å². The van der Waals surface area contributed by atoms with Crippen molar-refractivity contribution in [1.29, 1.82) is 0 Å². The van der Waals surface area contributed by atoms with Crippen LogP contribution in [0.4, 0.5) is 5.82 Å². The van der Waals surface area contributed by atoms with Crippen LogP contribution in [0.2, 0.25) is 0 Å². The number of hydrogen-bond donors (Lipinski definition) is 3. The average Bonchev–Trinajstić information content (AvgIpc) is 2.94. The summed E-state index contributed by atoms with van der Waals surface area (Å²) < 4.78 is 0. The van der Waals surface area contributed by atoms with Gasteiger partial charge in [0.2, 0.25) is 0 Å². The van der Waals surface area contributed by atoms with Crippen LogP contribution in [0.1, 0.15) is 22.7 Å². The Balaban J connectivity index is 1.51. The number of aromatic amines is 1. The molecule has 3 rings (SSSR count). The van der Waals surface area contributed by atoms with Crippen molar-refractivity contribution >= 4 is 22.8 Å². The number of H-pyrrole nitrogens is 1. The van der Waals surface area contributed by atoms with Gasteiger partial charge >= 0.3 is 0 Å². The number of carbonyl (C=O) groups is 1. The molecule has 7 heteroatoms. The minimum atomic E-state index is -0.310. The predicted octanol–water partition coefficient (Wildman–Crippen LogP) is 1.30. The second kappa shape index (κ2) is 6.21. The summed E-state index contributed by atoms with van der Waals surface area (Å²) in [5.41, 5.74) is 7.74. The molecule has 0 aliphatic carbocycles. The van der Waals surface area contributed by atoms with E-state index in [1.807, 2.05) is 24.3 Å². The van der Waals surface area contributed by atoms with Crippen LogP contribution in [0.5, 0.6) is 0 Å². The van der Waals surface area contributed by atoms with Gasteiger partial charge in [-0.25, -0.2) is 15.0 Å². The Kier molecular flexibility index (Phi) is 3.95. The molecule has 2 heterocycles. The maximum absolute atomic E-state index is 11.9. The maximum atomic E-state index is 11.9. The van der Waals surface area contributed by atoms with E-state index in [1.54, 1.807) is 0 Å². The molecule has 0 saturated carbocycles. The van der Waals surface area contributed by atoms with Crippen LogP contribution < -0.4 is 11.1 Å². The van der Waals surface area contributed by atoms with Gasteiger partial charge in [-0.2, -0.15) is 0 Å². The summed E-state index contributed by atoms with van der Waals surface area (Å²) >= 11 is 0. The van der Waals surface area contributed by atoms with Gasteiger partial charge in [0.05, 0.1) is 11.0 Å². The number of benzene rings is 1. The fourth-order valence-electron chi connectivity index (χ4n) is 2.19. The van der Waals surface area contributed by atoms with E-state index in [0.29, 0.717) is 6.54 Å². The highest BCUT2D eigenvalue weighted by atomic mass is 16.1. The molecule has 0 spiro atoms. The zero-order valence-corrected chi connectivity index (χ0v) is 11.9. The van der Waals surface area contributed by atoms with Crippen molar-refractivity contribution in [2.45, 2.75) is 12.8 Å². The number of hydrogen-bond acceptors (Lipinski definition) is 5. The number of anilines is 1. The number of nitrogens with zero attached hydrogens (tertiary/aromatic N) is 3. The minimum Gasteiger partial charge on any atom is -0.382 e. The SMILES string of the molecule is Nc1nccnc1C(=O)NCCCc1nc2ccccc2[nH]1. The lowest BCUT2D eigenvalue weighted by atomic mass is 10.3. The number of nitrogens with one attached hydrogen (secondary N) is 2. The van der Waals surface area contributed by atoms with Gasteiger partial charge in [-0.05, 0) is 18.6 Å². The van der Waals surface area contributed by atoms with E-state index in [9.17, 15) is 4.79 Å². The number of para-hydroxylation sites is 2. The molecule has 2 aromatic heterocycles. The minimum absolute atomic E-state index is 0.136. The van der Waals surface area contributed by atoms with E-state index in [0.717, 1.165) is 29.7 Å². The number of aromatic nitrogens is 4. The topological polar surface area (TPSA) is 110 Å². The quantitative estimate of drug-likeness (QED) is 0.615. The molecule has 22 heavy (non-hydrogen) atoms. The highest BCUT2D eigenvalue weighted by Gasteiger charge is 2.11. The van der Waals surface area contributed by atoms with Gasteiger partial charge in [0.1, 0.15) is 5.82 Å². The van der Waals surface area contributed by atoms with Crippen LogP contribution in [0.25, 0.3) is 11.0 Å². The summed E-state index contributed by atoms with van der Waals surface area (Å²) in [4.78, 5) is 27.4. The second-order valence-corrected chi connectivity index (χ2v) is 4.85. The summed E-state index contributed by atoms with van der Waals surface area (Å²) in [5.74, 6) is 0.738. The van der Waals surface area contributed by atoms with Crippen molar-refractivity contribution in [3.63, 3.8) is 0 Å². The molecule has 0 bridgehead atoms. The van der Waals surface area contributed by atoms with Crippen LogP contribution in [-0.4, -0.2) is 32.4 Å². The number of nitrogens with two attached hydrogens (primary N) is 1. The molecular formula is C15H16N6O. The molecule has 0 aliphatic heterocycles. The largest absolute Gasteiger partial charge is 0.382 e. The summed E-state index contributed by atoms with van der Waals surface area (Å²) in [7, 11) is 0. The van der Waals surface area contributed by atoms with Gasteiger partial charge in [0.25, 0.3) is 5.91 Å². The molecule has 1 aromatic carbocycles. The van der Waals surface area contributed by atoms with E-state index in [4.69, 9.17) is 5.73 Å². The fraction of sp³-hybridized carbons (Fsp3) is 0.200. The first-order valence-corrected chi connectivity index (χ1v) is 7.02. The Morgan fingerprint density at radius 1 is 1.23 bits per heavy atom. The zero-order valence-electron chi connectivity index (χ0n) is 11.9. The first-order chi connectivity index (χ1) is 10.7. The smallest absolute Gasteiger partial charge is 0.273 e. The summed E-state index contributed by atoms with van der Waals surface area (Å²) in [6.07, 6.45) is 4.42. The van der Waals surface area contributed by atoms with Crippen molar-refractivity contribution in [2.75, 3.05) is 12.3 Å². The van der Waals surface area contributed by atoms with Crippen molar-refractivity contribution in [3.8, 4) is 0 Å². The Morgan fingerprint density at radius 3 is 2.86 bits per heavy atom. The van der Waals surface area contributed by atoms with Gasteiger partial charge < -0.3 is 16.0 Å². The lowest BCUT2D eigenvalue weighted by Crippen LogP contribution is -2.27. The molecule has 0 aliphatic rings. The molecule has 0 radical (unpaired) electrons. The number of amides is 1. The first kappa shape index (κ1) is 14.0. The van der Waals surface area contributed by atoms with E-state index in [-0.39, 0.29) is 17.4 Å². The second-order valence-electron chi connectivity index (χ2n) is 4.85. The molecule has 4 N–H and O–H groups in total. The van der Waals surface area contributed by atoms with Crippen LogP contribution in [-0.2, 0) is 6.42 Å². The standard InChI is InChI=1S/C15H16N6O/c16-14-13(17-8-9-18-14)15(22)19-7-3-6-12-20-10-4-1-2-5-11(10)21-12/h1-2,4-5,8-9H,3,6-7H2,(H2,16,18)(H,19,22)(H,20,21). The Morgan fingerprint density at radius 2 is 2.05 bits per heavy atom. The maximum Gasteiger partial charge on any atom is 0.273 e. The monoisotopic (exact) mass is 296 g/mol. The molecule has 0 saturated heterocycles. The highest BCUT2D eigenvalue weighted by Crippen LogP contribution is 2.11. The van der Waals surface area contributed by atoms with Crippen molar-refractivity contribution in [1.82, 2.24) is 25.3 Å². The van der Waals surface area contributed by atoms with Gasteiger partial charge in [0, 0.05) is 25.4 Å². The third-order valence-corrected chi connectivity index (χ3v) is 3.26. The molecule has 3 aromatic rings. The molecule has 0 fully saturated rings. The van der Waals surface area contributed by atoms with E-state index in [1.165, 1.54) is 12.4 Å². The van der Waals surface area contributed by atoms with Gasteiger partial charge in [-0.15, -0.1) is 0 Å². The van der Waals surface area contributed by atoms with E-state index < -0.39 is 0 Å². The van der Waals surface area contributed by atoms with Gasteiger partial charge in [-0.3, -0.25) is 4.79 Å². The zero-order chi connectivity index (χ0) is 15.4. The molecule has 7 nitrogen and oxygen atoms in total. The van der Waals surface area contributed by atoms with Gasteiger partial charge in [-0.1, -0.05) is 12.1 Å². The number of aryl methyl sites for hydroxylation is 1. The Hall–Kier alpha value is -2.96. The van der Waals surface area contributed by atoms with E-state index >= 15 is 0 Å². The first-order valence-electron chi connectivity index (χ1n) is 7.02. The van der Waals surface area contributed by atoms with E-state index in [2.05, 4.69) is 25.3 Å². The number of rotatable bonds is 5.